The summed E-state index contributed by atoms with van der Waals surface area (Å²) in [6.07, 6.45) is 3.22. The molecule has 0 saturated carbocycles. The lowest BCUT2D eigenvalue weighted by Crippen LogP contribution is -2.41. The van der Waals surface area contributed by atoms with Crippen LogP contribution in [0.25, 0.3) is 0 Å². The SMILES string of the molecule is CCCCCNC(=S)NC(=O)CCN1C(=O)c2ccccc2C1=O. The van der Waals surface area contributed by atoms with Gasteiger partial charge in [0, 0.05) is 19.5 Å². The maximum absolute atomic E-state index is 12.2. The Balaban J connectivity index is 1.78. The fourth-order valence-electron chi connectivity index (χ4n) is 2.47. The van der Waals surface area contributed by atoms with E-state index >= 15 is 0 Å². The predicted octanol–water partition coefficient (Wildman–Crippen LogP) is 1.85. The summed E-state index contributed by atoms with van der Waals surface area (Å²) in [6.45, 7) is 2.86. The minimum absolute atomic E-state index is 0.0161. The predicted molar refractivity (Wildman–Crippen MR) is 94.7 cm³/mol. The van der Waals surface area contributed by atoms with Crippen LogP contribution < -0.4 is 10.6 Å². The molecule has 1 aliphatic heterocycles. The normalized spacial score (nSPS) is 13.0. The van der Waals surface area contributed by atoms with E-state index in [-0.39, 0.29) is 35.8 Å². The summed E-state index contributed by atoms with van der Waals surface area (Å²) in [5.74, 6) is -1.04. The van der Waals surface area contributed by atoms with Crippen LogP contribution in [0, 0.1) is 0 Å². The fourth-order valence-corrected chi connectivity index (χ4v) is 2.68. The van der Waals surface area contributed by atoms with Crippen molar-refractivity contribution < 1.29 is 14.4 Å². The maximum atomic E-state index is 12.2. The van der Waals surface area contributed by atoms with E-state index in [0.29, 0.717) is 17.7 Å². The van der Waals surface area contributed by atoms with Crippen molar-refractivity contribution in [1.29, 1.82) is 0 Å². The van der Waals surface area contributed by atoms with Gasteiger partial charge in [-0.05, 0) is 30.8 Å². The van der Waals surface area contributed by atoms with Crippen molar-refractivity contribution in [3.63, 3.8) is 0 Å². The number of nitrogens with one attached hydrogen (secondary N) is 2. The Morgan fingerprint density at radius 1 is 1.12 bits per heavy atom. The van der Waals surface area contributed by atoms with Gasteiger partial charge in [0.2, 0.25) is 5.91 Å². The fraction of sp³-hybridized carbons (Fsp3) is 0.412. The van der Waals surface area contributed by atoms with Gasteiger partial charge in [-0.25, -0.2) is 0 Å². The van der Waals surface area contributed by atoms with E-state index < -0.39 is 0 Å². The van der Waals surface area contributed by atoms with E-state index in [0.717, 1.165) is 24.2 Å². The summed E-state index contributed by atoms with van der Waals surface area (Å²) < 4.78 is 0. The Labute approximate surface area is 146 Å². The first-order valence-electron chi connectivity index (χ1n) is 8.07. The summed E-state index contributed by atoms with van der Waals surface area (Å²) in [6, 6.07) is 6.65. The molecule has 128 valence electrons. The third-order valence-electron chi connectivity index (χ3n) is 3.76. The smallest absolute Gasteiger partial charge is 0.261 e. The molecule has 1 aromatic carbocycles. The molecule has 0 bridgehead atoms. The first-order chi connectivity index (χ1) is 11.5. The second-order valence-corrected chi connectivity index (χ2v) is 5.98. The molecule has 0 fully saturated rings. The highest BCUT2D eigenvalue weighted by Gasteiger charge is 2.34. The van der Waals surface area contributed by atoms with E-state index in [2.05, 4.69) is 17.6 Å². The molecule has 0 saturated heterocycles. The van der Waals surface area contributed by atoms with Crippen molar-refractivity contribution in [3.8, 4) is 0 Å². The number of carbonyl (C=O) groups is 3. The number of hydrogen-bond donors (Lipinski definition) is 2. The Kier molecular flexibility index (Phi) is 6.43. The number of fused-ring (bicyclic) bond motifs is 1. The molecule has 0 unspecified atom stereocenters. The standard InChI is InChI=1S/C17H21N3O3S/c1-2-3-6-10-18-17(24)19-14(21)9-11-20-15(22)12-7-4-5-8-13(12)16(20)23/h4-5,7-8H,2-3,6,9-11H2,1H3,(H2,18,19,21,24). The van der Waals surface area contributed by atoms with Gasteiger partial charge in [0.15, 0.2) is 5.11 Å². The van der Waals surface area contributed by atoms with Gasteiger partial charge in [0.05, 0.1) is 11.1 Å². The lowest BCUT2D eigenvalue weighted by molar-refractivity contribution is -0.119. The third-order valence-corrected chi connectivity index (χ3v) is 4.01. The maximum Gasteiger partial charge on any atom is 0.261 e. The van der Waals surface area contributed by atoms with E-state index in [1.165, 1.54) is 0 Å². The largest absolute Gasteiger partial charge is 0.362 e. The molecule has 0 atom stereocenters. The van der Waals surface area contributed by atoms with Crippen LogP contribution in [0.4, 0.5) is 0 Å². The van der Waals surface area contributed by atoms with E-state index in [1.54, 1.807) is 24.3 Å². The van der Waals surface area contributed by atoms with Gasteiger partial charge in [0.1, 0.15) is 0 Å². The lowest BCUT2D eigenvalue weighted by Gasteiger charge is -2.14. The minimum Gasteiger partial charge on any atom is -0.362 e. The zero-order valence-electron chi connectivity index (χ0n) is 13.6. The van der Waals surface area contributed by atoms with E-state index in [9.17, 15) is 14.4 Å². The molecule has 3 amide bonds. The Hall–Kier alpha value is -2.28. The zero-order chi connectivity index (χ0) is 17.5. The molecule has 0 aromatic heterocycles. The lowest BCUT2D eigenvalue weighted by atomic mass is 10.1. The number of unbranched alkanes of at least 4 members (excludes halogenated alkanes) is 2. The van der Waals surface area contributed by atoms with Crippen LogP contribution in [-0.2, 0) is 4.79 Å². The quantitative estimate of drug-likeness (QED) is 0.447. The van der Waals surface area contributed by atoms with Crippen molar-refractivity contribution in [2.45, 2.75) is 32.6 Å². The number of hydrogen-bond acceptors (Lipinski definition) is 4. The van der Waals surface area contributed by atoms with Crippen LogP contribution in [0.15, 0.2) is 24.3 Å². The highest BCUT2D eigenvalue weighted by Crippen LogP contribution is 2.22. The van der Waals surface area contributed by atoms with Crippen LogP contribution in [0.2, 0.25) is 0 Å². The van der Waals surface area contributed by atoms with Crippen LogP contribution in [0.1, 0.15) is 53.3 Å². The molecular weight excluding hydrogens is 326 g/mol. The van der Waals surface area contributed by atoms with Crippen molar-refractivity contribution in [2.24, 2.45) is 0 Å². The van der Waals surface area contributed by atoms with Crippen LogP contribution in [-0.4, -0.2) is 40.8 Å². The molecule has 2 rings (SSSR count). The third kappa shape index (κ3) is 4.38. The zero-order valence-corrected chi connectivity index (χ0v) is 14.4. The molecule has 0 spiro atoms. The van der Waals surface area contributed by atoms with Gasteiger partial charge in [-0.3, -0.25) is 19.3 Å². The number of benzene rings is 1. The number of amides is 3. The first kappa shape index (κ1) is 18.1. The molecule has 0 aliphatic carbocycles. The Morgan fingerprint density at radius 3 is 2.33 bits per heavy atom. The molecule has 7 heteroatoms. The van der Waals surface area contributed by atoms with E-state index in [4.69, 9.17) is 12.2 Å². The van der Waals surface area contributed by atoms with Crippen molar-refractivity contribution in [2.75, 3.05) is 13.1 Å². The van der Waals surface area contributed by atoms with Gasteiger partial charge in [0.25, 0.3) is 11.8 Å². The molecule has 24 heavy (non-hydrogen) atoms. The molecule has 6 nitrogen and oxygen atoms in total. The number of carbonyl (C=O) groups excluding carboxylic acids is 3. The average molecular weight is 347 g/mol. The second-order valence-electron chi connectivity index (χ2n) is 5.57. The Bertz CT molecular complexity index is 625. The van der Waals surface area contributed by atoms with Gasteiger partial charge in [-0.1, -0.05) is 31.9 Å². The van der Waals surface area contributed by atoms with Crippen LogP contribution >= 0.6 is 12.2 Å². The molecule has 1 heterocycles. The monoisotopic (exact) mass is 347 g/mol. The second kappa shape index (κ2) is 8.54. The van der Waals surface area contributed by atoms with E-state index in [1.807, 2.05) is 0 Å². The van der Waals surface area contributed by atoms with Crippen LogP contribution in [0.5, 0.6) is 0 Å². The minimum atomic E-state index is -0.358. The number of imide groups is 1. The molecule has 1 aliphatic rings. The summed E-state index contributed by atoms with van der Waals surface area (Å²) in [5.41, 5.74) is 0.770. The van der Waals surface area contributed by atoms with Crippen molar-refractivity contribution >= 4 is 35.1 Å². The molecule has 0 radical (unpaired) electrons. The molecule has 2 N–H and O–H groups in total. The summed E-state index contributed by atoms with van der Waals surface area (Å²) in [5, 5.41) is 5.80. The highest BCUT2D eigenvalue weighted by atomic mass is 32.1. The van der Waals surface area contributed by atoms with Gasteiger partial charge < -0.3 is 10.6 Å². The van der Waals surface area contributed by atoms with Crippen LogP contribution in [0.3, 0.4) is 0 Å². The topological polar surface area (TPSA) is 78.5 Å². The highest BCUT2D eigenvalue weighted by molar-refractivity contribution is 7.80. The summed E-state index contributed by atoms with van der Waals surface area (Å²) in [7, 11) is 0. The van der Waals surface area contributed by atoms with Gasteiger partial charge >= 0.3 is 0 Å². The molecule has 1 aromatic rings. The molecular formula is C17H21N3O3S. The first-order valence-corrected chi connectivity index (χ1v) is 8.48. The van der Waals surface area contributed by atoms with Crippen molar-refractivity contribution in [3.05, 3.63) is 35.4 Å². The summed E-state index contributed by atoms with van der Waals surface area (Å²) >= 11 is 5.04. The van der Waals surface area contributed by atoms with Gasteiger partial charge in [-0.2, -0.15) is 0 Å². The number of thiocarbonyl (C=S) groups is 1. The van der Waals surface area contributed by atoms with Crippen molar-refractivity contribution in [1.82, 2.24) is 15.5 Å². The number of nitrogens with zero attached hydrogens (tertiary/aromatic N) is 1. The van der Waals surface area contributed by atoms with Gasteiger partial charge in [-0.15, -0.1) is 0 Å². The summed E-state index contributed by atoms with van der Waals surface area (Å²) in [4.78, 5) is 37.4. The average Bonchev–Trinajstić information content (AvgIpc) is 2.81. The Morgan fingerprint density at radius 2 is 1.75 bits per heavy atom. The number of rotatable bonds is 7.